The van der Waals surface area contributed by atoms with Gasteiger partial charge < -0.3 is 9.73 Å². The van der Waals surface area contributed by atoms with Gasteiger partial charge in [0.1, 0.15) is 5.76 Å². The summed E-state index contributed by atoms with van der Waals surface area (Å²) in [5.41, 5.74) is 1.81. The van der Waals surface area contributed by atoms with Crippen LogP contribution in [0.15, 0.2) is 81.9 Å². The number of hydrogen-bond acceptors (Lipinski definition) is 3. The molecule has 24 heavy (non-hydrogen) atoms. The molecule has 0 saturated carbocycles. The van der Waals surface area contributed by atoms with E-state index in [-0.39, 0.29) is 18.5 Å². The van der Waals surface area contributed by atoms with E-state index in [4.69, 9.17) is 4.42 Å². The van der Waals surface area contributed by atoms with E-state index in [1.807, 2.05) is 66.7 Å². The second kappa shape index (κ2) is 7.95. The number of rotatable bonds is 6. The van der Waals surface area contributed by atoms with E-state index >= 15 is 0 Å². The Morgan fingerprint density at radius 3 is 2.42 bits per heavy atom. The Kier molecular flexibility index (Phi) is 5.46. The maximum Gasteiger partial charge on any atom is 0.238 e. The lowest BCUT2D eigenvalue weighted by Gasteiger charge is -2.17. The number of benzene rings is 2. The predicted octanol–water partition coefficient (Wildman–Crippen LogP) is 4.36. The van der Waals surface area contributed by atoms with Gasteiger partial charge in [-0.25, -0.2) is 0 Å². The van der Waals surface area contributed by atoms with Gasteiger partial charge in [0, 0.05) is 10.2 Å². The lowest BCUT2D eigenvalue weighted by Crippen LogP contribution is -2.31. The van der Waals surface area contributed by atoms with E-state index in [1.165, 1.54) is 0 Å². The highest BCUT2D eigenvalue weighted by Gasteiger charge is 2.17. The number of carbonyl (C=O) groups excluding carboxylic acids is 1. The highest BCUT2D eigenvalue weighted by molar-refractivity contribution is 9.10. The zero-order valence-electron chi connectivity index (χ0n) is 12.9. The topological polar surface area (TPSA) is 54.3 Å². The summed E-state index contributed by atoms with van der Waals surface area (Å²) in [4.78, 5) is 12.2. The molecule has 4 nitrogen and oxygen atoms in total. The molecule has 2 N–H and O–H groups in total. The fourth-order valence-electron chi connectivity index (χ4n) is 2.42. The van der Waals surface area contributed by atoms with E-state index in [0.29, 0.717) is 0 Å². The van der Waals surface area contributed by atoms with Crippen molar-refractivity contribution in [1.29, 1.82) is 0 Å². The van der Waals surface area contributed by atoms with Crippen LogP contribution in [0.25, 0.3) is 0 Å². The van der Waals surface area contributed by atoms with E-state index < -0.39 is 0 Å². The molecule has 2 aromatic carbocycles. The second-order valence-corrected chi connectivity index (χ2v) is 6.21. The molecule has 1 amide bonds. The van der Waals surface area contributed by atoms with Gasteiger partial charge in [0.25, 0.3) is 0 Å². The van der Waals surface area contributed by atoms with Gasteiger partial charge in [0.2, 0.25) is 5.91 Å². The summed E-state index contributed by atoms with van der Waals surface area (Å²) in [5, 5.41) is 6.12. The molecule has 1 heterocycles. The van der Waals surface area contributed by atoms with Crippen LogP contribution >= 0.6 is 15.9 Å². The predicted molar refractivity (Wildman–Crippen MR) is 97.8 cm³/mol. The fourth-order valence-corrected chi connectivity index (χ4v) is 2.68. The first-order valence-corrected chi connectivity index (χ1v) is 8.39. The van der Waals surface area contributed by atoms with Crippen LogP contribution in [0.5, 0.6) is 0 Å². The van der Waals surface area contributed by atoms with Crippen LogP contribution in [-0.2, 0) is 4.79 Å². The standard InChI is InChI=1S/C19H17BrN2O2/c20-15-8-10-16(11-9-15)22-18(23)13-21-19(17-7-4-12-24-17)14-5-2-1-3-6-14/h1-12,19,21H,13H2,(H,22,23)/t19-/m1/s1. The average molecular weight is 385 g/mol. The van der Waals surface area contributed by atoms with Crippen LogP contribution in [0.2, 0.25) is 0 Å². The molecule has 1 atom stereocenters. The van der Waals surface area contributed by atoms with Crippen molar-refractivity contribution in [1.82, 2.24) is 5.32 Å². The third kappa shape index (κ3) is 4.34. The molecule has 0 unspecified atom stereocenters. The maximum atomic E-state index is 12.2. The lowest BCUT2D eigenvalue weighted by atomic mass is 10.0. The smallest absolute Gasteiger partial charge is 0.238 e. The number of furan rings is 1. The summed E-state index contributed by atoms with van der Waals surface area (Å²) >= 11 is 3.37. The van der Waals surface area contributed by atoms with Crippen molar-refractivity contribution >= 4 is 27.5 Å². The molecule has 5 heteroatoms. The molecule has 0 bridgehead atoms. The quantitative estimate of drug-likeness (QED) is 0.663. The van der Waals surface area contributed by atoms with Gasteiger partial charge in [-0.05, 0) is 42.0 Å². The first kappa shape index (κ1) is 16.5. The fraction of sp³-hybridized carbons (Fsp3) is 0.105. The minimum Gasteiger partial charge on any atom is -0.467 e. The summed E-state index contributed by atoms with van der Waals surface area (Å²) in [7, 11) is 0. The van der Waals surface area contributed by atoms with Crippen LogP contribution < -0.4 is 10.6 Å². The zero-order chi connectivity index (χ0) is 16.8. The van der Waals surface area contributed by atoms with Gasteiger partial charge in [-0.2, -0.15) is 0 Å². The Labute approximate surface area is 149 Å². The molecule has 122 valence electrons. The van der Waals surface area contributed by atoms with Gasteiger partial charge in [-0.3, -0.25) is 10.1 Å². The Bertz CT molecular complexity index is 771. The number of hydrogen-bond donors (Lipinski definition) is 2. The molecule has 1 aromatic heterocycles. The third-order valence-corrected chi connectivity index (χ3v) is 4.08. The molecule has 0 radical (unpaired) electrons. The van der Waals surface area contributed by atoms with Crippen LogP contribution in [0.3, 0.4) is 0 Å². The highest BCUT2D eigenvalue weighted by Crippen LogP contribution is 2.22. The van der Waals surface area contributed by atoms with Crippen molar-refractivity contribution < 1.29 is 9.21 Å². The SMILES string of the molecule is O=C(CN[C@H](c1ccccc1)c1ccco1)Nc1ccc(Br)cc1. The first-order chi connectivity index (χ1) is 11.7. The Balaban J connectivity index is 1.65. The molecular weight excluding hydrogens is 368 g/mol. The molecule has 0 aliphatic rings. The highest BCUT2D eigenvalue weighted by atomic mass is 79.9. The molecule has 3 aromatic rings. The van der Waals surface area contributed by atoms with Gasteiger partial charge in [-0.15, -0.1) is 0 Å². The van der Waals surface area contributed by atoms with E-state index in [2.05, 4.69) is 26.6 Å². The van der Waals surface area contributed by atoms with Gasteiger partial charge >= 0.3 is 0 Å². The molecular formula is C19H17BrN2O2. The number of carbonyl (C=O) groups is 1. The average Bonchev–Trinajstić information content (AvgIpc) is 3.12. The van der Waals surface area contributed by atoms with Crippen LogP contribution in [0, 0.1) is 0 Å². The number of halogens is 1. The molecule has 3 rings (SSSR count). The Morgan fingerprint density at radius 1 is 1.00 bits per heavy atom. The van der Waals surface area contributed by atoms with E-state index in [9.17, 15) is 4.79 Å². The summed E-state index contributed by atoms with van der Waals surface area (Å²) in [6, 6.07) is 21.0. The zero-order valence-corrected chi connectivity index (χ0v) is 14.5. The van der Waals surface area contributed by atoms with E-state index in [1.54, 1.807) is 6.26 Å². The summed E-state index contributed by atoms with van der Waals surface area (Å²) in [5.74, 6) is 0.669. The largest absolute Gasteiger partial charge is 0.467 e. The third-order valence-electron chi connectivity index (χ3n) is 3.56. The van der Waals surface area contributed by atoms with Crippen LogP contribution in [0.1, 0.15) is 17.4 Å². The van der Waals surface area contributed by atoms with E-state index in [0.717, 1.165) is 21.5 Å². The second-order valence-electron chi connectivity index (χ2n) is 5.30. The lowest BCUT2D eigenvalue weighted by molar-refractivity contribution is -0.115. The van der Waals surface area contributed by atoms with Crippen molar-refractivity contribution in [3.63, 3.8) is 0 Å². The van der Waals surface area contributed by atoms with Crippen molar-refractivity contribution in [2.45, 2.75) is 6.04 Å². The van der Waals surface area contributed by atoms with Crippen LogP contribution in [-0.4, -0.2) is 12.5 Å². The molecule has 0 fully saturated rings. The Hall–Kier alpha value is -2.37. The Morgan fingerprint density at radius 2 is 1.75 bits per heavy atom. The normalized spacial score (nSPS) is 11.9. The summed E-state index contributed by atoms with van der Waals surface area (Å²) < 4.78 is 6.49. The molecule has 0 saturated heterocycles. The minimum atomic E-state index is -0.170. The van der Waals surface area contributed by atoms with Crippen molar-refractivity contribution in [2.75, 3.05) is 11.9 Å². The van der Waals surface area contributed by atoms with Gasteiger partial charge in [-0.1, -0.05) is 46.3 Å². The maximum absolute atomic E-state index is 12.2. The van der Waals surface area contributed by atoms with Crippen molar-refractivity contribution in [2.24, 2.45) is 0 Å². The number of nitrogens with one attached hydrogen (secondary N) is 2. The minimum absolute atomic E-state index is 0.107. The number of anilines is 1. The van der Waals surface area contributed by atoms with Gasteiger partial charge in [0.15, 0.2) is 0 Å². The van der Waals surface area contributed by atoms with Crippen LogP contribution in [0.4, 0.5) is 5.69 Å². The van der Waals surface area contributed by atoms with Gasteiger partial charge in [0.05, 0.1) is 18.8 Å². The molecule has 0 spiro atoms. The monoisotopic (exact) mass is 384 g/mol. The summed E-state index contributed by atoms with van der Waals surface area (Å²) in [6.45, 7) is 0.177. The molecule has 0 aliphatic heterocycles. The number of amides is 1. The molecule has 0 aliphatic carbocycles. The van der Waals surface area contributed by atoms with Crippen molar-refractivity contribution in [3.8, 4) is 0 Å². The van der Waals surface area contributed by atoms with Crippen molar-refractivity contribution in [3.05, 3.63) is 88.8 Å². The summed E-state index contributed by atoms with van der Waals surface area (Å²) in [6.07, 6.45) is 1.63. The first-order valence-electron chi connectivity index (χ1n) is 7.59.